The van der Waals surface area contributed by atoms with Gasteiger partial charge in [0.1, 0.15) is 5.67 Å². The van der Waals surface area contributed by atoms with Gasteiger partial charge in [0.25, 0.3) is 0 Å². The van der Waals surface area contributed by atoms with E-state index in [1.807, 2.05) is 36.4 Å². The van der Waals surface area contributed by atoms with Crippen LogP contribution in [0.4, 0.5) is 4.39 Å². The number of carboxylic acid groups (broad SMARTS) is 1. The second-order valence-corrected chi connectivity index (χ2v) is 4.56. The number of hydrogen-bond donors (Lipinski definition) is 1. The van der Waals surface area contributed by atoms with Crippen LogP contribution in [-0.4, -0.2) is 16.7 Å². The molecule has 2 atom stereocenters. The molecule has 0 radical (unpaired) electrons. The zero-order valence-corrected chi connectivity index (χ0v) is 10.1. The van der Waals surface area contributed by atoms with E-state index in [1.54, 1.807) is 6.08 Å². The molecule has 2 unspecified atom stereocenters. The lowest BCUT2D eigenvalue weighted by Crippen LogP contribution is -2.35. The molecule has 3 heteroatoms. The Morgan fingerprint density at radius 2 is 2.06 bits per heavy atom. The minimum Gasteiger partial charge on any atom is -0.481 e. The normalized spacial score (nSPS) is 24.4. The number of rotatable bonds is 3. The van der Waals surface area contributed by atoms with Gasteiger partial charge < -0.3 is 5.11 Å². The Bertz CT molecular complexity index is 504. The third-order valence-electron chi connectivity index (χ3n) is 3.32. The van der Waals surface area contributed by atoms with Gasteiger partial charge in [0.05, 0.1) is 5.92 Å². The molecule has 0 amide bonds. The van der Waals surface area contributed by atoms with Gasteiger partial charge in [-0.1, -0.05) is 42.5 Å². The highest BCUT2D eigenvalue weighted by Gasteiger charge is 2.39. The van der Waals surface area contributed by atoms with Crippen LogP contribution in [-0.2, 0) is 4.79 Å². The van der Waals surface area contributed by atoms with E-state index in [0.29, 0.717) is 0 Å². The molecule has 2 rings (SSSR count). The lowest BCUT2D eigenvalue weighted by molar-refractivity contribution is -0.145. The van der Waals surface area contributed by atoms with Crippen LogP contribution in [0.15, 0.2) is 48.6 Å². The van der Waals surface area contributed by atoms with Gasteiger partial charge in [0.15, 0.2) is 0 Å². The lowest BCUT2D eigenvalue weighted by atomic mass is 9.81. The average Bonchev–Trinajstić information content (AvgIpc) is 2.39. The second-order valence-electron chi connectivity index (χ2n) is 4.56. The van der Waals surface area contributed by atoms with Crippen LogP contribution in [0.25, 0.3) is 5.57 Å². The molecular formula is C15H15FO2. The van der Waals surface area contributed by atoms with Gasteiger partial charge in [0.2, 0.25) is 0 Å². The zero-order valence-electron chi connectivity index (χ0n) is 10.1. The number of halogens is 1. The molecule has 0 aromatic heterocycles. The van der Waals surface area contributed by atoms with Gasteiger partial charge in [-0.25, -0.2) is 4.39 Å². The summed E-state index contributed by atoms with van der Waals surface area (Å²) in [5.41, 5.74) is -0.184. The molecule has 0 spiro atoms. The van der Waals surface area contributed by atoms with E-state index in [2.05, 4.69) is 0 Å². The van der Waals surface area contributed by atoms with Crippen molar-refractivity contribution in [1.29, 1.82) is 0 Å². The molecule has 0 heterocycles. The quantitative estimate of drug-likeness (QED) is 0.886. The third-order valence-corrected chi connectivity index (χ3v) is 3.32. The van der Waals surface area contributed by atoms with Gasteiger partial charge in [-0.15, -0.1) is 0 Å². The molecule has 0 saturated heterocycles. The number of benzene rings is 1. The van der Waals surface area contributed by atoms with Crippen LogP contribution in [0.2, 0.25) is 0 Å². The minimum absolute atomic E-state index is 0.108. The number of hydrogen-bond acceptors (Lipinski definition) is 1. The van der Waals surface area contributed by atoms with Crippen LogP contribution in [0.1, 0.15) is 18.9 Å². The van der Waals surface area contributed by atoms with E-state index in [1.165, 1.54) is 13.0 Å². The van der Waals surface area contributed by atoms with E-state index >= 15 is 0 Å². The van der Waals surface area contributed by atoms with Gasteiger partial charge in [0, 0.05) is 6.42 Å². The Hall–Kier alpha value is -1.90. The van der Waals surface area contributed by atoms with Crippen LogP contribution in [0, 0.1) is 5.92 Å². The monoisotopic (exact) mass is 246 g/mol. The molecule has 1 aromatic rings. The highest BCUT2D eigenvalue weighted by Crippen LogP contribution is 2.36. The summed E-state index contributed by atoms with van der Waals surface area (Å²) in [6.07, 6.45) is 5.07. The molecular weight excluding hydrogens is 231 g/mol. The summed E-state index contributed by atoms with van der Waals surface area (Å²) in [6, 6.07) is 9.40. The third kappa shape index (κ3) is 2.35. The van der Waals surface area contributed by atoms with Crippen LogP contribution in [0.5, 0.6) is 0 Å². The molecule has 0 saturated carbocycles. The van der Waals surface area contributed by atoms with Crippen molar-refractivity contribution >= 4 is 11.5 Å². The first-order valence-corrected chi connectivity index (χ1v) is 5.89. The summed E-state index contributed by atoms with van der Waals surface area (Å²) in [4.78, 5) is 11.0. The molecule has 1 aliphatic carbocycles. The molecule has 0 aliphatic heterocycles. The molecule has 1 N–H and O–H groups in total. The van der Waals surface area contributed by atoms with Crippen molar-refractivity contribution in [2.45, 2.75) is 19.0 Å². The standard InChI is InChI=1S/C15H15FO2/c1-11(14(17)18)15(16)9-5-8-13(10-15)12-6-3-2-4-7-12/h2-8,10-11H,9H2,1H3,(H,17,18). The van der Waals surface area contributed by atoms with Crippen LogP contribution < -0.4 is 0 Å². The van der Waals surface area contributed by atoms with E-state index in [4.69, 9.17) is 5.11 Å². The zero-order chi connectivity index (χ0) is 13.2. The van der Waals surface area contributed by atoms with Crippen molar-refractivity contribution in [3.63, 3.8) is 0 Å². The number of carboxylic acids is 1. The molecule has 1 aromatic carbocycles. The summed E-state index contributed by atoms with van der Waals surface area (Å²) in [6.45, 7) is 1.40. The Kier molecular flexibility index (Phi) is 3.32. The van der Waals surface area contributed by atoms with Crippen molar-refractivity contribution in [2.24, 2.45) is 5.92 Å². The average molecular weight is 246 g/mol. The maximum Gasteiger partial charge on any atom is 0.309 e. The Balaban J connectivity index is 2.36. The van der Waals surface area contributed by atoms with Crippen molar-refractivity contribution < 1.29 is 14.3 Å². The Morgan fingerprint density at radius 1 is 1.39 bits per heavy atom. The van der Waals surface area contributed by atoms with Crippen LogP contribution >= 0.6 is 0 Å². The number of alkyl halides is 1. The Labute approximate surface area is 105 Å². The highest BCUT2D eigenvalue weighted by molar-refractivity contribution is 5.78. The predicted molar refractivity (Wildman–Crippen MR) is 68.8 cm³/mol. The van der Waals surface area contributed by atoms with Gasteiger partial charge in [-0.05, 0) is 24.1 Å². The summed E-state index contributed by atoms with van der Waals surface area (Å²) >= 11 is 0. The number of allylic oxidation sites excluding steroid dienone is 4. The fourth-order valence-electron chi connectivity index (χ4n) is 2.05. The molecule has 1 aliphatic rings. The number of carbonyl (C=O) groups is 1. The molecule has 18 heavy (non-hydrogen) atoms. The molecule has 0 fully saturated rings. The SMILES string of the molecule is CC(C(=O)O)C1(F)C=C(c2ccccc2)C=CC1. The van der Waals surface area contributed by atoms with Crippen molar-refractivity contribution in [3.8, 4) is 0 Å². The topological polar surface area (TPSA) is 37.3 Å². The molecule has 2 nitrogen and oxygen atoms in total. The van der Waals surface area contributed by atoms with Crippen molar-refractivity contribution in [2.75, 3.05) is 0 Å². The van der Waals surface area contributed by atoms with Crippen molar-refractivity contribution in [1.82, 2.24) is 0 Å². The van der Waals surface area contributed by atoms with Gasteiger partial charge in [-0.3, -0.25) is 4.79 Å². The first kappa shape index (κ1) is 12.6. The molecule has 94 valence electrons. The largest absolute Gasteiger partial charge is 0.481 e. The summed E-state index contributed by atoms with van der Waals surface area (Å²) in [5, 5.41) is 8.96. The minimum atomic E-state index is -1.81. The van der Waals surface area contributed by atoms with E-state index < -0.39 is 17.6 Å². The van der Waals surface area contributed by atoms with E-state index in [-0.39, 0.29) is 6.42 Å². The summed E-state index contributed by atoms with van der Waals surface area (Å²) < 4.78 is 14.6. The van der Waals surface area contributed by atoms with E-state index in [9.17, 15) is 9.18 Å². The first-order valence-electron chi connectivity index (χ1n) is 5.89. The van der Waals surface area contributed by atoms with E-state index in [0.717, 1.165) is 11.1 Å². The second kappa shape index (κ2) is 4.77. The van der Waals surface area contributed by atoms with Crippen molar-refractivity contribution in [3.05, 3.63) is 54.1 Å². The summed E-state index contributed by atoms with van der Waals surface area (Å²) in [5.74, 6) is -2.17. The van der Waals surface area contributed by atoms with Crippen LogP contribution in [0.3, 0.4) is 0 Å². The predicted octanol–water partition coefficient (Wildman–Crippen LogP) is 3.46. The highest BCUT2D eigenvalue weighted by atomic mass is 19.1. The smallest absolute Gasteiger partial charge is 0.309 e. The Morgan fingerprint density at radius 3 is 2.67 bits per heavy atom. The fourth-order valence-corrected chi connectivity index (χ4v) is 2.05. The molecule has 0 bridgehead atoms. The lowest BCUT2D eigenvalue weighted by Gasteiger charge is -2.28. The van der Waals surface area contributed by atoms with Gasteiger partial charge in [-0.2, -0.15) is 0 Å². The van der Waals surface area contributed by atoms with Gasteiger partial charge >= 0.3 is 5.97 Å². The maximum absolute atomic E-state index is 14.6. The summed E-state index contributed by atoms with van der Waals surface area (Å²) in [7, 11) is 0. The maximum atomic E-state index is 14.6. The fraction of sp³-hybridized carbons (Fsp3) is 0.267. The first-order chi connectivity index (χ1) is 8.53. The number of aliphatic carboxylic acids is 1.